The number of carbonyl (C=O) groups is 2. The molecule has 6 nitrogen and oxygen atoms in total. The third-order valence-electron chi connectivity index (χ3n) is 1.81. The van der Waals surface area contributed by atoms with Crippen molar-refractivity contribution in [1.29, 1.82) is 0 Å². The molecular formula is C12H18O6. The normalized spacial score (nSPS) is 11.8. The van der Waals surface area contributed by atoms with Crippen LogP contribution in [0.4, 0.5) is 0 Å². The number of hydrogen-bond donors (Lipinski definition) is 0. The Hall–Kier alpha value is -1.98. The summed E-state index contributed by atoms with van der Waals surface area (Å²) < 4.78 is 9.54. The van der Waals surface area contributed by atoms with Gasteiger partial charge in [0.05, 0.1) is 14.2 Å². The Morgan fingerprint density at radius 1 is 0.833 bits per heavy atom. The molecule has 0 N–H and O–H groups in total. The molecule has 0 fully saturated rings. The SMILES string of the molecule is CCC=C(OC)C(=O)OOC(=O)C(=CCC)OC. The van der Waals surface area contributed by atoms with Gasteiger partial charge in [0.2, 0.25) is 11.5 Å². The third kappa shape index (κ3) is 5.38. The van der Waals surface area contributed by atoms with Crippen LogP contribution in [0, 0.1) is 0 Å². The lowest BCUT2D eigenvalue weighted by molar-refractivity contribution is -0.256. The Bertz CT molecular complexity index is 308. The predicted octanol–water partition coefficient (Wildman–Crippen LogP) is 1.87. The van der Waals surface area contributed by atoms with Gasteiger partial charge >= 0.3 is 11.9 Å². The van der Waals surface area contributed by atoms with E-state index in [1.807, 2.05) is 13.8 Å². The number of methoxy groups -OCH3 is 2. The Morgan fingerprint density at radius 3 is 1.39 bits per heavy atom. The van der Waals surface area contributed by atoms with Gasteiger partial charge in [-0.1, -0.05) is 13.8 Å². The lowest BCUT2D eigenvalue weighted by Crippen LogP contribution is -2.16. The van der Waals surface area contributed by atoms with E-state index in [-0.39, 0.29) is 11.5 Å². The highest BCUT2D eigenvalue weighted by molar-refractivity contribution is 5.89. The molecule has 0 spiro atoms. The zero-order valence-electron chi connectivity index (χ0n) is 11.0. The van der Waals surface area contributed by atoms with Crippen LogP contribution in [0.5, 0.6) is 0 Å². The third-order valence-corrected chi connectivity index (χ3v) is 1.81. The second-order valence-corrected chi connectivity index (χ2v) is 3.10. The molecule has 0 amide bonds. The van der Waals surface area contributed by atoms with Gasteiger partial charge < -0.3 is 9.47 Å². The van der Waals surface area contributed by atoms with E-state index < -0.39 is 11.9 Å². The van der Waals surface area contributed by atoms with Crippen molar-refractivity contribution in [1.82, 2.24) is 0 Å². The molecule has 0 aliphatic heterocycles. The van der Waals surface area contributed by atoms with Crippen molar-refractivity contribution in [3.05, 3.63) is 23.7 Å². The molecule has 0 bridgehead atoms. The van der Waals surface area contributed by atoms with E-state index in [4.69, 9.17) is 9.47 Å². The molecule has 18 heavy (non-hydrogen) atoms. The standard InChI is InChI=1S/C12H18O6/c1-5-7-9(15-3)11(13)17-18-12(14)10(16-4)8-6-2/h7-8H,5-6H2,1-4H3. The van der Waals surface area contributed by atoms with Crippen LogP contribution in [0.1, 0.15) is 26.7 Å². The fraction of sp³-hybridized carbons (Fsp3) is 0.500. The smallest absolute Gasteiger partial charge is 0.420 e. The number of carbonyl (C=O) groups excluding carboxylic acids is 2. The average Bonchev–Trinajstić information content (AvgIpc) is 2.38. The van der Waals surface area contributed by atoms with Crippen LogP contribution < -0.4 is 0 Å². The summed E-state index contributed by atoms with van der Waals surface area (Å²) >= 11 is 0. The van der Waals surface area contributed by atoms with Crippen LogP contribution in [0.3, 0.4) is 0 Å². The summed E-state index contributed by atoms with van der Waals surface area (Å²) in [7, 11) is 2.64. The van der Waals surface area contributed by atoms with Crippen LogP contribution in [0.2, 0.25) is 0 Å². The zero-order chi connectivity index (χ0) is 14.0. The van der Waals surface area contributed by atoms with Crippen molar-refractivity contribution >= 4 is 11.9 Å². The minimum Gasteiger partial charge on any atom is -0.490 e. The van der Waals surface area contributed by atoms with Crippen molar-refractivity contribution in [2.45, 2.75) is 26.7 Å². The molecule has 0 rings (SSSR count). The quantitative estimate of drug-likeness (QED) is 0.313. The minimum absolute atomic E-state index is 0.0243. The molecule has 0 saturated carbocycles. The summed E-state index contributed by atoms with van der Waals surface area (Å²) in [6, 6.07) is 0. The second-order valence-electron chi connectivity index (χ2n) is 3.10. The molecule has 0 aromatic carbocycles. The van der Waals surface area contributed by atoms with Gasteiger partial charge in [-0.15, -0.1) is 0 Å². The van der Waals surface area contributed by atoms with E-state index in [1.54, 1.807) is 0 Å². The largest absolute Gasteiger partial charge is 0.490 e. The summed E-state index contributed by atoms with van der Waals surface area (Å²) in [5.41, 5.74) is 0. The highest BCUT2D eigenvalue weighted by Gasteiger charge is 2.18. The predicted molar refractivity (Wildman–Crippen MR) is 63.0 cm³/mol. The molecular weight excluding hydrogens is 240 g/mol. The first kappa shape index (κ1) is 16.0. The van der Waals surface area contributed by atoms with Crippen LogP contribution in [-0.2, 0) is 28.8 Å². The van der Waals surface area contributed by atoms with E-state index in [0.717, 1.165) is 0 Å². The summed E-state index contributed by atoms with van der Waals surface area (Å²) in [4.78, 5) is 31.4. The van der Waals surface area contributed by atoms with Gasteiger partial charge in [0.1, 0.15) is 0 Å². The van der Waals surface area contributed by atoms with Gasteiger partial charge in [-0.05, 0) is 25.0 Å². The van der Waals surface area contributed by atoms with Crippen molar-refractivity contribution in [3.8, 4) is 0 Å². The summed E-state index contributed by atoms with van der Waals surface area (Å²) in [6.07, 6.45) is 4.20. The van der Waals surface area contributed by atoms with Crippen molar-refractivity contribution < 1.29 is 28.8 Å². The second kappa shape index (κ2) is 9.09. The topological polar surface area (TPSA) is 71.1 Å². The van der Waals surface area contributed by atoms with E-state index in [0.29, 0.717) is 12.8 Å². The van der Waals surface area contributed by atoms with Crippen molar-refractivity contribution in [3.63, 3.8) is 0 Å². The van der Waals surface area contributed by atoms with Gasteiger partial charge in [0.15, 0.2) is 0 Å². The summed E-state index contributed by atoms with van der Waals surface area (Å²) in [5.74, 6) is -1.80. The van der Waals surface area contributed by atoms with Crippen molar-refractivity contribution in [2.24, 2.45) is 0 Å². The summed E-state index contributed by atoms with van der Waals surface area (Å²) in [6.45, 7) is 3.65. The molecule has 0 heterocycles. The minimum atomic E-state index is -0.875. The highest BCUT2D eigenvalue weighted by Crippen LogP contribution is 2.05. The molecule has 0 aromatic rings. The van der Waals surface area contributed by atoms with E-state index in [1.165, 1.54) is 26.4 Å². The fourth-order valence-electron chi connectivity index (χ4n) is 1.03. The molecule has 0 aromatic heterocycles. The van der Waals surface area contributed by atoms with Crippen molar-refractivity contribution in [2.75, 3.05) is 14.2 Å². The van der Waals surface area contributed by atoms with Gasteiger partial charge in [-0.3, -0.25) is 0 Å². The van der Waals surface area contributed by atoms with Crippen LogP contribution in [-0.4, -0.2) is 26.2 Å². The molecule has 102 valence electrons. The Kier molecular flexibility index (Phi) is 8.09. The first-order chi connectivity index (χ1) is 8.60. The molecule has 0 aliphatic carbocycles. The van der Waals surface area contributed by atoms with E-state index >= 15 is 0 Å². The number of ether oxygens (including phenoxy) is 2. The maximum absolute atomic E-state index is 11.4. The van der Waals surface area contributed by atoms with Crippen LogP contribution in [0.25, 0.3) is 0 Å². The maximum Gasteiger partial charge on any atom is 0.420 e. The molecule has 0 saturated heterocycles. The highest BCUT2D eigenvalue weighted by atomic mass is 17.2. The lowest BCUT2D eigenvalue weighted by atomic mass is 10.4. The van der Waals surface area contributed by atoms with E-state index in [9.17, 15) is 9.59 Å². The first-order valence-electron chi connectivity index (χ1n) is 5.52. The molecule has 0 unspecified atom stereocenters. The molecule has 6 heteroatoms. The average molecular weight is 258 g/mol. The number of hydrogen-bond acceptors (Lipinski definition) is 6. The Balaban J connectivity index is 4.41. The van der Waals surface area contributed by atoms with Gasteiger partial charge in [0, 0.05) is 0 Å². The van der Waals surface area contributed by atoms with Crippen LogP contribution >= 0.6 is 0 Å². The zero-order valence-corrected chi connectivity index (χ0v) is 11.0. The molecule has 0 aliphatic rings. The number of allylic oxidation sites excluding steroid dienone is 2. The lowest BCUT2D eigenvalue weighted by Gasteiger charge is -2.06. The molecule has 0 radical (unpaired) electrons. The fourth-order valence-corrected chi connectivity index (χ4v) is 1.03. The van der Waals surface area contributed by atoms with Crippen LogP contribution in [0.15, 0.2) is 23.7 Å². The van der Waals surface area contributed by atoms with Gasteiger partial charge in [-0.25, -0.2) is 19.4 Å². The van der Waals surface area contributed by atoms with E-state index in [2.05, 4.69) is 9.78 Å². The Labute approximate surface area is 106 Å². The number of rotatable bonds is 6. The molecule has 0 atom stereocenters. The Morgan fingerprint density at radius 2 is 1.17 bits per heavy atom. The monoisotopic (exact) mass is 258 g/mol. The first-order valence-corrected chi connectivity index (χ1v) is 5.52. The maximum atomic E-state index is 11.4. The van der Waals surface area contributed by atoms with Gasteiger partial charge in [-0.2, -0.15) is 0 Å². The van der Waals surface area contributed by atoms with Gasteiger partial charge in [0.25, 0.3) is 0 Å². The summed E-state index contributed by atoms with van der Waals surface area (Å²) in [5, 5.41) is 0.